The van der Waals surface area contributed by atoms with Crippen LogP contribution in [0.2, 0.25) is 0 Å². The molecule has 39 heavy (non-hydrogen) atoms. The molecule has 4 aromatic rings. The van der Waals surface area contributed by atoms with E-state index in [1.54, 1.807) is 11.3 Å². The molecule has 1 fully saturated rings. The number of thiophene rings is 1. The Balaban J connectivity index is 1.57. The number of nitrogens with one attached hydrogen (secondary N) is 1. The van der Waals surface area contributed by atoms with Crippen LogP contribution in [0.15, 0.2) is 66.0 Å². The van der Waals surface area contributed by atoms with Crippen molar-refractivity contribution in [1.82, 2.24) is 19.7 Å². The Bertz CT molecular complexity index is 1430. The molecule has 2 aromatic carbocycles. The summed E-state index contributed by atoms with van der Waals surface area (Å²) in [7, 11) is 4.05. The molecule has 8 heteroatoms. The van der Waals surface area contributed by atoms with Gasteiger partial charge < -0.3 is 19.7 Å². The highest BCUT2D eigenvalue weighted by Gasteiger charge is 2.30. The fraction of sp³-hybridized carbons (Fsp3) is 0.355. The predicted octanol–water partition coefficient (Wildman–Crippen LogP) is 5.33. The minimum Gasteiger partial charge on any atom is -0.351 e. The van der Waals surface area contributed by atoms with Crippen molar-refractivity contribution in [3.63, 3.8) is 0 Å². The minimum absolute atomic E-state index is 0.128. The van der Waals surface area contributed by atoms with Crippen LogP contribution in [0.25, 0.3) is 10.9 Å². The van der Waals surface area contributed by atoms with Crippen LogP contribution in [0, 0.1) is 5.82 Å². The van der Waals surface area contributed by atoms with Gasteiger partial charge in [-0.25, -0.2) is 4.39 Å². The third-order valence-electron chi connectivity index (χ3n) is 7.38. The Labute approximate surface area is 233 Å². The molecule has 1 N–H and O–H groups in total. The summed E-state index contributed by atoms with van der Waals surface area (Å²) in [6.07, 6.45) is 2.24. The molecule has 0 saturated carbocycles. The lowest BCUT2D eigenvalue weighted by atomic mass is 9.87. The molecule has 0 aliphatic carbocycles. The first-order valence-electron chi connectivity index (χ1n) is 13.5. The van der Waals surface area contributed by atoms with Crippen molar-refractivity contribution < 1.29 is 14.0 Å². The summed E-state index contributed by atoms with van der Waals surface area (Å²) in [5.41, 5.74) is 3.52. The second-order valence-electron chi connectivity index (χ2n) is 10.3. The number of fused-ring (bicyclic) bond motifs is 1. The van der Waals surface area contributed by atoms with Crippen LogP contribution in [0.3, 0.4) is 0 Å². The number of carbonyl (C=O) groups is 2. The molecule has 2 aromatic heterocycles. The maximum absolute atomic E-state index is 14.0. The smallest absolute Gasteiger partial charge is 0.268 e. The lowest BCUT2D eigenvalue weighted by Crippen LogP contribution is -2.32. The molecule has 1 aliphatic rings. The van der Waals surface area contributed by atoms with Gasteiger partial charge in [0.2, 0.25) is 5.91 Å². The first kappa shape index (κ1) is 27.1. The van der Waals surface area contributed by atoms with Crippen molar-refractivity contribution in [2.45, 2.75) is 31.7 Å². The van der Waals surface area contributed by atoms with E-state index in [0.29, 0.717) is 38.2 Å². The zero-order valence-electron chi connectivity index (χ0n) is 22.5. The molecule has 5 rings (SSSR count). The summed E-state index contributed by atoms with van der Waals surface area (Å²) in [6, 6.07) is 18.9. The molecule has 1 unspecified atom stereocenters. The topological polar surface area (TPSA) is 57.6 Å². The fourth-order valence-corrected chi connectivity index (χ4v) is 6.34. The van der Waals surface area contributed by atoms with E-state index in [9.17, 15) is 14.0 Å². The van der Waals surface area contributed by atoms with E-state index in [1.807, 2.05) is 54.7 Å². The number of hydrogen-bond donors (Lipinski definition) is 1. The summed E-state index contributed by atoms with van der Waals surface area (Å²) >= 11 is 1.64. The summed E-state index contributed by atoms with van der Waals surface area (Å²) in [4.78, 5) is 31.1. The summed E-state index contributed by atoms with van der Waals surface area (Å²) in [5, 5.41) is 6.22. The number of benzene rings is 2. The molecule has 1 atom stereocenters. The van der Waals surface area contributed by atoms with E-state index in [1.165, 1.54) is 12.1 Å². The van der Waals surface area contributed by atoms with Gasteiger partial charge in [0.1, 0.15) is 11.5 Å². The van der Waals surface area contributed by atoms with Gasteiger partial charge in [-0.1, -0.05) is 36.4 Å². The second kappa shape index (κ2) is 12.1. The Morgan fingerprint density at radius 3 is 2.56 bits per heavy atom. The van der Waals surface area contributed by atoms with Crippen LogP contribution in [-0.4, -0.2) is 66.5 Å². The Morgan fingerprint density at radius 1 is 1.08 bits per heavy atom. The summed E-state index contributed by atoms with van der Waals surface area (Å²) < 4.78 is 16.1. The van der Waals surface area contributed by atoms with Crippen molar-refractivity contribution in [2.24, 2.45) is 0 Å². The van der Waals surface area contributed by atoms with Gasteiger partial charge in [-0.15, -0.1) is 11.3 Å². The number of nitrogens with zero attached hydrogens (tertiary/aromatic N) is 3. The van der Waals surface area contributed by atoms with Gasteiger partial charge in [0.05, 0.1) is 0 Å². The first-order valence-corrected chi connectivity index (χ1v) is 14.4. The van der Waals surface area contributed by atoms with Crippen LogP contribution in [0.1, 0.15) is 51.7 Å². The zero-order chi connectivity index (χ0) is 27.4. The molecular weight excluding hydrogens is 511 g/mol. The van der Waals surface area contributed by atoms with E-state index in [2.05, 4.69) is 33.0 Å². The number of likely N-dealkylation sites (N-methyl/N-ethyl adjacent to an activating group) is 1. The molecular formula is C31H35FN4O2S. The van der Waals surface area contributed by atoms with Gasteiger partial charge in [-0.3, -0.25) is 9.59 Å². The summed E-state index contributed by atoms with van der Waals surface area (Å²) in [6.45, 7) is 3.37. The van der Waals surface area contributed by atoms with Crippen molar-refractivity contribution in [2.75, 3.05) is 40.3 Å². The van der Waals surface area contributed by atoms with Gasteiger partial charge in [-0.05, 0) is 62.1 Å². The van der Waals surface area contributed by atoms with Crippen molar-refractivity contribution in [1.29, 1.82) is 0 Å². The van der Waals surface area contributed by atoms with Gasteiger partial charge >= 0.3 is 0 Å². The monoisotopic (exact) mass is 546 g/mol. The fourth-order valence-electron chi connectivity index (χ4n) is 5.48. The molecule has 0 radical (unpaired) electrons. The minimum atomic E-state index is -0.286. The average Bonchev–Trinajstić information content (AvgIpc) is 3.67. The normalized spacial score (nSPS) is 14.5. The number of aromatic nitrogens is 1. The Kier molecular flexibility index (Phi) is 8.43. The van der Waals surface area contributed by atoms with E-state index < -0.39 is 0 Å². The average molecular weight is 547 g/mol. The number of amides is 2. The highest BCUT2D eigenvalue weighted by atomic mass is 32.1. The SMILES string of the molecule is CN(C)CCn1c(C(=O)NCCCN2CCCC2=O)c(C(c2ccc(F)cc2)c2cccs2)c2ccccc21. The number of halogens is 1. The Hall–Kier alpha value is -3.49. The summed E-state index contributed by atoms with van der Waals surface area (Å²) in [5.74, 6) is -0.437. The van der Waals surface area contributed by atoms with Gasteiger partial charge in [0.15, 0.2) is 0 Å². The standard InChI is InChI=1S/C31H35FN4O2S/c1-34(2)19-20-36-25-9-4-3-8-24(25)29(28(26-10-6-21-39-26)22-12-14-23(32)15-13-22)30(36)31(38)33-16-7-18-35-17-5-11-27(35)37/h3-4,6,8-10,12-15,21,28H,5,7,11,16-20H2,1-2H3,(H,33,38). The lowest BCUT2D eigenvalue weighted by molar-refractivity contribution is -0.127. The van der Waals surface area contributed by atoms with E-state index in [0.717, 1.165) is 46.4 Å². The van der Waals surface area contributed by atoms with Crippen molar-refractivity contribution >= 4 is 34.1 Å². The number of rotatable bonds is 11. The van der Waals surface area contributed by atoms with E-state index in [-0.39, 0.29) is 23.5 Å². The Morgan fingerprint density at radius 2 is 1.87 bits per heavy atom. The molecule has 204 valence electrons. The molecule has 1 aliphatic heterocycles. The molecule has 0 bridgehead atoms. The second-order valence-corrected chi connectivity index (χ2v) is 11.3. The molecule has 6 nitrogen and oxygen atoms in total. The molecule has 3 heterocycles. The zero-order valence-corrected chi connectivity index (χ0v) is 23.3. The van der Waals surface area contributed by atoms with Crippen LogP contribution in [0.5, 0.6) is 0 Å². The lowest BCUT2D eigenvalue weighted by Gasteiger charge is -2.20. The van der Waals surface area contributed by atoms with Crippen LogP contribution in [-0.2, 0) is 11.3 Å². The van der Waals surface area contributed by atoms with Gasteiger partial charge in [0.25, 0.3) is 5.91 Å². The highest BCUT2D eigenvalue weighted by Crippen LogP contribution is 2.41. The molecule has 2 amide bonds. The van der Waals surface area contributed by atoms with Gasteiger partial charge in [-0.2, -0.15) is 0 Å². The number of carbonyl (C=O) groups excluding carboxylic acids is 2. The first-order chi connectivity index (χ1) is 18.9. The molecule has 0 spiro atoms. The predicted molar refractivity (Wildman–Crippen MR) is 155 cm³/mol. The van der Waals surface area contributed by atoms with Crippen molar-refractivity contribution in [3.05, 3.63) is 93.6 Å². The third-order valence-corrected chi connectivity index (χ3v) is 8.31. The third kappa shape index (κ3) is 5.92. The van der Waals surface area contributed by atoms with Crippen LogP contribution in [0.4, 0.5) is 4.39 Å². The van der Waals surface area contributed by atoms with Gasteiger partial charge in [0, 0.05) is 66.4 Å². The number of likely N-dealkylation sites (tertiary alicyclic amines) is 1. The maximum atomic E-state index is 14.0. The largest absolute Gasteiger partial charge is 0.351 e. The van der Waals surface area contributed by atoms with E-state index >= 15 is 0 Å². The highest BCUT2D eigenvalue weighted by molar-refractivity contribution is 7.10. The quantitative estimate of drug-likeness (QED) is 0.259. The number of hydrogen-bond acceptors (Lipinski definition) is 4. The van der Waals surface area contributed by atoms with Crippen molar-refractivity contribution in [3.8, 4) is 0 Å². The maximum Gasteiger partial charge on any atom is 0.268 e. The van der Waals surface area contributed by atoms with Crippen LogP contribution >= 0.6 is 11.3 Å². The van der Waals surface area contributed by atoms with E-state index in [4.69, 9.17) is 0 Å². The van der Waals surface area contributed by atoms with Crippen LogP contribution < -0.4 is 5.32 Å². The molecule has 1 saturated heterocycles. The number of para-hydroxylation sites is 1.